The average Bonchev–Trinajstić information content (AvgIpc) is 3.67. The molecule has 1 N–H and O–H groups in total. The molecule has 3 aromatic carbocycles. The summed E-state index contributed by atoms with van der Waals surface area (Å²) in [4.78, 5) is 21.0. The van der Waals surface area contributed by atoms with Crippen molar-refractivity contribution in [2.75, 3.05) is 38.3 Å². The second kappa shape index (κ2) is 11.5. The third kappa shape index (κ3) is 4.84. The predicted octanol–water partition coefficient (Wildman–Crippen LogP) is 4.75. The van der Waals surface area contributed by atoms with Gasteiger partial charge in [-0.05, 0) is 78.9 Å². The highest BCUT2D eigenvalue weighted by atomic mass is 19.1. The molecule has 2 saturated heterocycles. The van der Waals surface area contributed by atoms with Crippen LogP contribution in [0.1, 0.15) is 49.6 Å². The number of nitrogens with zero attached hydrogens (tertiary/aromatic N) is 6. The summed E-state index contributed by atoms with van der Waals surface area (Å²) < 4.78 is 15.7. The second-order valence-corrected chi connectivity index (χ2v) is 11.6. The van der Waals surface area contributed by atoms with Gasteiger partial charge in [-0.2, -0.15) is 0 Å². The molecular weight excluding hydrogens is 529 g/mol. The van der Waals surface area contributed by atoms with Crippen LogP contribution in [0.2, 0.25) is 0 Å². The molecule has 0 unspecified atom stereocenters. The average molecular weight is 570 g/mol. The Bertz CT molecular complexity index is 1560. The molecule has 0 bridgehead atoms. The summed E-state index contributed by atoms with van der Waals surface area (Å²) in [6, 6.07) is 20.2. The largest absolute Gasteiger partial charge is 0.339 e. The van der Waals surface area contributed by atoms with E-state index in [1.807, 2.05) is 35.0 Å². The SMILES string of the molecule is C.CNCc1cn(CCCN2CN(c3ccc(F)cc3)C3(CCN([C@@H]4Cc5cccc6cccc4c56)CC3)C2=O)nn1. The first-order valence-corrected chi connectivity index (χ1v) is 14.7. The van der Waals surface area contributed by atoms with Crippen molar-refractivity contribution in [3.05, 3.63) is 89.5 Å². The molecule has 9 heteroatoms. The normalized spacial score (nSPS) is 19.7. The van der Waals surface area contributed by atoms with Crippen molar-refractivity contribution in [2.24, 2.45) is 0 Å². The molecule has 0 saturated carbocycles. The molecule has 1 spiro atoms. The number of carbonyl (C=O) groups excluding carboxylic acids is 1. The van der Waals surface area contributed by atoms with Gasteiger partial charge in [0.1, 0.15) is 11.4 Å². The Kier molecular flexibility index (Phi) is 7.72. The number of hydrogen-bond acceptors (Lipinski definition) is 6. The van der Waals surface area contributed by atoms with Crippen LogP contribution in [0.25, 0.3) is 10.8 Å². The van der Waals surface area contributed by atoms with E-state index in [0.717, 1.165) is 50.2 Å². The van der Waals surface area contributed by atoms with Crippen molar-refractivity contribution >= 4 is 22.4 Å². The van der Waals surface area contributed by atoms with Crippen LogP contribution < -0.4 is 10.2 Å². The van der Waals surface area contributed by atoms with Gasteiger partial charge < -0.3 is 15.1 Å². The lowest BCUT2D eigenvalue weighted by molar-refractivity contribution is -0.133. The molecule has 1 amide bonds. The Morgan fingerprint density at radius 1 is 1.02 bits per heavy atom. The van der Waals surface area contributed by atoms with Gasteiger partial charge in [0.25, 0.3) is 0 Å². The van der Waals surface area contributed by atoms with Crippen LogP contribution in [0.4, 0.5) is 10.1 Å². The van der Waals surface area contributed by atoms with Crippen molar-refractivity contribution in [2.45, 2.75) is 57.8 Å². The van der Waals surface area contributed by atoms with Crippen LogP contribution in [0.3, 0.4) is 0 Å². The smallest absolute Gasteiger partial charge is 0.250 e. The van der Waals surface area contributed by atoms with E-state index < -0.39 is 5.54 Å². The molecular formula is C33H40FN7O. The van der Waals surface area contributed by atoms with Crippen LogP contribution in [0, 0.1) is 5.82 Å². The number of benzene rings is 3. The van der Waals surface area contributed by atoms with E-state index in [4.69, 9.17) is 0 Å². The van der Waals surface area contributed by atoms with Crippen molar-refractivity contribution in [1.29, 1.82) is 0 Å². The molecule has 3 heterocycles. The maximum atomic E-state index is 14.2. The van der Waals surface area contributed by atoms with Crippen LogP contribution >= 0.6 is 0 Å². The quantitative estimate of drug-likeness (QED) is 0.330. The number of rotatable bonds is 8. The summed E-state index contributed by atoms with van der Waals surface area (Å²) in [5.41, 5.74) is 4.03. The van der Waals surface area contributed by atoms with Crippen LogP contribution in [-0.4, -0.2) is 69.6 Å². The van der Waals surface area contributed by atoms with E-state index in [1.165, 1.54) is 34.0 Å². The highest BCUT2D eigenvalue weighted by molar-refractivity contribution is 5.94. The number of aromatic nitrogens is 3. The maximum absolute atomic E-state index is 14.2. The Morgan fingerprint density at radius 2 is 1.79 bits per heavy atom. The van der Waals surface area contributed by atoms with E-state index in [0.29, 0.717) is 32.3 Å². The van der Waals surface area contributed by atoms with Gasteiger partial charge in [0.05, 0.1) is 12.4 Å². The number of halogens is 1. The van der Waals surface area contributed by atoms with Gasteiger partial charge in [-0.25, -0.2) is 4.39 Å². The van der Waals surface area contributed by atoms with Gasteiger partial charge in [-0.3, -0.25) is 14.4 Å². The summed E-state index contributed by atoms with van der Waals surface area (Å²) in [7, 11) is 1.89. The second-order valence-electron chi connectivity index (χ2n) is 11.6. The number of amides is 1. The van der Waals surface area contributed by atoms with Gasteiger partial charge in [0.2, 0.25) is 5.91 Å². The fourth-order valence-electron chi connectivity index (χ4n) is 7.27. The number of nitrogens with one attached hydrogen (secondary N) is 1. The lowest BCUT2D eigenvalue weighted by atomic mass is 9.84. The highest BCUT2D eigenvalue weighted by Gasteiger charge is 2.54. The summed E-state index contributed by atoms with van der Waals surface area (Å²) in [6.45, 7) is 4.23. The van der Waals surface area contributed by atoms with Gasteiger partial charge in [0.15, 0.2) is 0 Å². The maximum Gasteiger partial charge on any atom is 0.250 e. The van der Waals surface area contributed by atoms with E-state index in [9.17, 15) is 9.18 Å². The molecule has 8 nitrogen and oxygen atoms in total. The van der Waals surface area contributed by atoms with Crippen LogP contribution in [0.5, 0.6) is 0 Å². The number of hydrogen-bond donors (Lipinski definition) is 1. The van der Waals surface area contributed by atoms with Crippen molar-refractivity contribution < 1.29 is 9.18 Å². The Labute approximate surface area is 247 Å². The zero-order valence-electron chi connectivity index (χ0n) is 23.5. The molecule has 1 aliphatic carbocycles. The monoisotopic (exact) mass is 569 g/mol. The third-order valence-electron chi connectivity index (χ3n) is 9.27. The molecule has 1 atom stereocenters. The molecule has 1 aromatic heterocycles. The van der Waals surface area contributed by atoms with Gasteiger partial charge in [-0.15, -0.1) is 5.10 Å². The minimum atomic E-state index is -0.612. The minimum Gasteiger partial charge on any atom is -0.339 e. The zero-order valence-corrected chi connectivity index (χ0v) is 23.5. The Balaban J connectivity index is 0.00000316. The molecule has 2 fully saturated rings. The van der Waals surface area contributed by atoms with E-state index in [1.54, 1.807) is 0 Å². The van der Waals surface area contributed by atoms with Crippen molar-refractivity contribution in [3.63, 3.8) is 0 Å². The molecule has 0 radical (unpaired) electrons. The first-order valence-electron chi connectivity index (χ1n) is 14.7. The molecule has 4 aromatic rings. The third-order valence-corrected chi connectivity index (χ3v) is 9.27. The fraction of sp³-hybridized carbons (Fsp3) is 0.424. The number of piperidine rings is 1. The molecule has 3 aliphatic rings. The van der Waals surface area contributed by atoms with Crippen LogP contribution in [-0.2, 0) is 24.3 Å². The molecule has 42 heavy (non-hydrogen) atoms. The topological polar surface area (TPSA) is 69.5 Å². The van der Waals surface area contributed by atoms with E-state index >= 15 is 0 Å². The van der Waals surface area contributed by atoms with Gasteiger partial charge in [-0.1, -0.05) is 49.0 Å². The molecule has 7 rings (SSSR count). The van der Waals surface area contributed by atoms with Gasteiger partial charge in [0, 0.05) is 50.6 Å². The lowest BCUT2D eigenvalue weighted by Gasteiger charge is -2.45. The lowest BCUT2D eigenvalue weighted by Crippen LogP contribution is -2.57. The Morgan fingerprint density at radius 3 is 2.55 bits per heavy atom. The molecule has 220 valence electrons. The summed E-state index contributed by atoms with van der Waals surface area (Å²) in [5.74, 6) is -0.0757. The summed E-state index contributed by atoms with van der Waals surface area (Å²) in [5, 5.41) is 14.2. The Hall–Kier alpha value is -3.82. The molecule has 2 aliphatic heterocycles. The van der Waals surface area contributed by atoms with Crippen molar-refractivity contribution in [1.82, 2.24) is 30.1 Å². The van der Waals surface area contributed by atoms with Crippen molar-refractivity contribution in [3.8, 4) is 0 Å². The van der Waals surface area contributed by atoms with E-state index in [-0.39, 0.29) is 19.2 Å². The van der Waals surface area contributed by atoms with Gasteiger partial charge >= 0.3 is 0 Å². The number of aryl methyl sites for hydroxylation is 1. The first-order chi connectivity index (χ1) is 20.1. The predicted molar refractivity (Wildman–Crippen MR) is 164 cm³/mol. The fourth-order valence-corrected chi connectivity index (χ4v) is 7.27. The summed E-state index contributed by atoms with van der Waals surface area (Å²) >= 11 is 0. The number of carbonyl (C=O) groups is 1. The highest BCUT2D eigenvalue weighted by Crippen LogP contribution is 2.45. The number of likely N-dealkylation sites (tertiary alicyclic amines) is 1. The summed E-state index contributed by atoms with van der Waals surface area (Å²) in [6.07, 6.45) is 5.26. The van der Waals surface area contributed by atoms with E-state index in [2.05, 4.69) is 61.8 Å². The number of anilines is 1. The zero-order chi connectivity index (χ0) is 28.0. The minimum absolute atomic E-state index is 0. The van der Waals surface area contributed by atoms with Crippen LogP contribution in [0.15, 0.2) is 66.9 Å². The first kappa shape index (κ1) is 28.3. The standard InChI is InChI=1S/C32H36FN7O.CH4/c1-34-20-26-21-39(36-35-26)16-4-15-38-22-40(27-11-9-25(33)10-12-27)32(31(38)41)13-17-37(18-14-32)29-19-24-7-2-5-23-6-3-8-28(29)30(23)24;/h2-3,5-12,21,29,34H,4,13-20,22H2,1H3;1H4/t29-;/m1./s1.